The molecule has 130 valence electrons. The zero-order valence-electron chi connectivity index (χ0n) is 12.7. The molecule has 3 N–H and O–H groups in total. The molecule has 1 amide bonds. The van der Waals surface area contributed by atoms with Gasteiger partial charge in [-0.15, -0.1) is 0 Å². The van der Waals surface area contributed by atoms with Gasteiger partial charge in [0.25, 0.3) is 5.91 Å². The van der Waals surface area contributed by atoms with Gasteiger partial charge in [-0.3, -0.25) is 4.79 Å². The Balaban J connectivity index is 2.22. The normalized spacial score (nSPS) is 10.7. The summed E-state index contributed by atoms with van der Waals surface area (Å²) in [6, 6.07) is 6.56. The zero-order chi connectivity index (χ0) is 18.6. The second-order valence-electron chi connectivity index (χ2n) is 4.57. The fraction of sp³-hybridized carbons (Fsp3) is 0.0667. The molecular formula is C15H11Cl3N4O3. The average Bonchev–Trinajstić information content (AvgIpc) is 2.62. The molecule has 0 atom stereocenters. The van der Waals surface area contributed by atoms with Crippen molar-refractivity contribution in [1.29, 1.82) is 0 Å². The van der Waals surface area contributed by atoms with Crippen LogP contribution in [0.4, 0.5) is 5.69 Å². The summed E-state index contributed by atoms with van der Waals surface area (Å²) >= 11 is 17.5. The lowest BCUT2D eigenvalue weighted by atomic mass is 10.1. The van der Waals surface area contributed by atoms with Gasteiger partial charge in [-0.1, -0.05) is 53.0 Å². The van der Waals surface area contributed by atoms with Crippen LogP contribution in [-0.2, 0) is 4.74 Å². The molecule has 1 heterocycles. The van der Waals surface area contributed by atoms with Gasteiger partial charge in [0.1, 0.15) is 5.02 Å². The molecule has 0 saturated carbocycles. The smallest absolute Gasteiger partial charge is 0.338 e. The molecule has 2 aromatic rings. The number of nitrogens with one attached hydrogen (secondary N) is 1. The molecule has 0 unspecified atom stereocenters. The number of amides is 1. The number of pyridine rings is 1. The van der Waals surface area contributed by atoms with Crippen LogP contribution >= 0.6 is 34.8 Å². The number of hydrogen-bond donors (Lipinski definition) is 2. The maximum absolute atomic E-state index is 12.1. The molecular weight excluding hydrogens is 391 g/mol. The Labute approximate surface area is 157 Å². The summed E-state index contributed by atoms with van der Waals surface area (Å²) in [5, 5.41) is 3.43. The van der Waals surface area contributed by atoms with Gasteiger partial charge in [-0.2, -0.15) is 5.10 Å². The zero-order valence-corrected chi connectivity index (χ0v) is 15.0. The van der Waals surface area contributed by atoms with E-state index in [9.17, 15) is 9.59 Å². The van der Waals surface area contributed by atoms with Crippen LogP contribution < -0.4 is 11.2 Å². The lowest BCUT2D eigenvalue weighted by Gasteiger charge is -2.07. The Morgan fingerprint density at radius 2 is 1.92 bits per heavy atom. The number of halogens is 3. The van der Waals surface area contributed by atoms with Crippen LogP contribution in [0, 0.1) is 0 Å². The first kappa shape index (κ1) is 19.0. The van der Waals surface area contributed by atoms with Crippen molar-refractivity contribution in [2.75, 3.05) is 12.8 Å². The van der Waals surface area contributed by atoms with E-state index in [1.54, 1.807) is 24.3 Å². The third-order valence-corrected chi connectivity index (χ3v) is 4.16. The maximum atomic E-state index is 12.1. The SMILES string of the molecule is COC(=O)c1ccccc1/C=N\NC(=O)c1nc(Cl)c(Cl)c(N)c1Cl. The molecule has 10 heteroatoms. The van der Waals surface area contributed by atoms with Crippen LogP contribution in [0.5, 0.6) is 0 Å². The Kier molecular flexibility index (Phi) is 6.19. The molecule has 0 spiro atoms. The summed E-state index contributed by atoms with van der Waals surface area (Å²) in [5.74, 6) is -1.28. The standard InChI is InChI=1S/C15H11Cl3N4O3/c1-25-15(24)8-5-3-2-4-7(8)6-20-22-14(23)12-9(16)11(19)10(17)13(18)21-12/h2-6H,1H3,(H2,19,21)(H,22,23)/b20-6-. The lowest BCUT2D eigenvalue weighted by Crippen LogP contribution is -2.20. The van der Waals surface area contributed by atoms with E-state index in [1.165, 1.54) is 13.3 Å². The van der Waals surface area contributed by atoms with E-state index in [0.29, 0.717) is 5.56 Å². The number of rotatable bonds is 4. The van der Waals surface area contributed by atoms with Gasteiger partial charge in [-0.05, 0) is 6.07 Å². The first-order valence-corrected chi connectivity index (χ1v) is 7.81. The van der Waals surface area contributed by atoms with Gasteiger partial charge >= 0.3 is 5.97 Å². The Morgan fingerprint density at radius 3 is 2.60 bits per heavy atom. The number of hydrogen-bond acceptors (Lipinski definition) is 6. The number of aromatic nitrogens is 1. The number of anilines is 1. The molecule has 0 bridgehead atoms. The molecule has 0 aliphatic rings. The molecule has 25 heavy (non-hydrogen) atoms. The second-order valence-corrected chi connectivity index (χ2v) is 5.68. The van der Waals surface area contributed by atoms with Gasteiger partial charge in [0.05, 0.1) is 29.6 Å². The largest absolute Gasteiger partial charge is 0.465 e. The summed E-state index contributed by atoms with van der Waals surface area (Å²) in [6.07, 6.45) is 1.28. The number of methoxy groups -OCH3 is 1. The quantitative estimate of drug-likeness (QED) is 0.354. The van der Waals surface area contributed by atoms with Crippen molar-refractivity contribution in [3.8, 4) is 0 Å². The highest BCUT2D eigenvalue weighted by Crippen LogP contribution is 2.34. The van der Waals surface area contributed by atoms with Gasteiger partial charge in [0.15, 0.2) is 10.8 Å². The van der Waals surface area contributed by atoms with Crippen molar-refractivity contribution in [1.82, 2.24) is 10.4 Å². The van der Waals surface area contributed by atoms with Crippen LogP contribution in [0.1, 0.15) is 26.4 Å². The van der Waals surface area contributed by atoms with E-state index in [2.05, 4.69) is 20.2 Å². The molecule has 1 aromatic carbocycles. The highest BCUT2D eigenvalue weighted by atomic mass is 35.5. The van der Waals surface area contributed by atoms with E-state index in [1.807, 2.05) is 0 Å². The van der Waals surface area contributed by atoms with Crippen LogP contribution in [0.2, 0.25) is 15.2 Å². The van der Waals surface area contributed by atoms with Crippen LogP contribution in [-0.4, -0.2) is 30.2 Å². The van der Waals surface area contributed by atoms with Gasteiger partial charge in [-0.25, -0.2) is 15.2 Å². The van der Waals surface area contributed by atoms with Crippen LogP contribution in [0.25, 0.3) is 0 Å². The summed E-state index contributed by atoms with van der Waals surface area (Å²) in [4.78, 5) is 27.6. The number of esters is 1. The molecule has 0 fully saturated rings. The van der Waals surface area contributed by atoms with Gasteiger partial charge < -0.3 is 10.5 Å². The fourth-order valence-corrected chi connectivity index (χ4v) is 2.39. The molecule has 0 saturated heterocycles. The number of benzene rings is 1. The topological polar surface area (TPSA) is 107 Å². The van der Waals surface area contributed by atoms with Crippen LogP contribution in [0.3, 0.4) is 0 Å². The summed E-state index contributed by atoms with van der Waals surface area (Å²) in [6.45, 7) is 0. The number of ether oxygens (including phenoxy) is 1. The average molecular weight is 402 g/mol. The molecule has 1 aromatic heterocycles. The van der Waals surface area contributed by atoms with E-state index >= 15 is 0 Å². The monoisotopic (exact) mass is 400 g/mol. The summed E-state index contributed by atoms with van der Waals surface area (Å²) in [5.41, 5.74) is 8.32. The second kappa shape index (κ2) is 8.15. The highest BCUT2D eigenvalue weighted by Gasteiger charge is 2.19. The maximum Gasteiger partial charge on any atom is 0.338 e. The van der Waals surface area contributed by atoms with Crippen LogP contribution in [0.15, 0.2) is 29.4 Å². The van der Waals surface area contributed by atoms with Crippen molar-refractivity contribution >= 4 is 58.6 Å². The van der Waals surface area contributed by atoms with Crippen molar-refractivity contribution in [3.05, 3.63) is 56.3 Å². The summed E-state index contributed by atoms with van der Waals surface area (Å²) in [7, 11) is 1.26. The highest BCUT2D eigenvalue weighted by molar-refractivity contribution is 6.46. The van der Waals surface area contributed by atoms with Crippen molar-refractivity contribution in [3.63, 3.8) is 0 Å². The molecule has 0 aliphatic carbocycles. The van der Waals surface area contributed by atoms with Gasteiger partial charge in [0, 0.05) is 5.56 Å². The van der Waals surface area contributed by atoms with E-state index < -0.39 is 11.9 Å². The first-order valence-electron chi connectivity index (χ1n) is 6.67. The van der Waals surface area contributed by atoms with E-state index in [0.717, 1.165) is 0 Å². The molecule has 7 nitrogen and oxygen atoms in total. The lowest BCUT2D eigenvalue weighted by molar-refractivity contribution is 0.0600. The minimum absolute atomic E-state index is 0.0428. The molecule has 0 radical (unpaired) electrons. The number of hydrazone groups is 1. The first-order chi connectivity index (χ1) is 11.9. The number of nitrogen functional groups attached to an aromatic ring is 1. The number of nitrogens with zero attached hydrogens (tertiary/aromatic N) is 2. The minimum Gasteiger partial charge on any atom is -0.465 e. The molecule has 0 aliphatic heterocycles. The fourth-order valence-electron chi connectivity index (χ4n) is 1.80. The Morgan fingerprint density at radius 1 is 1.24 bits per heavy atom. The number of nitrogens with two attached hydrogens (primary N) is 1. The van der Waals surface area contributed by atoms with E-state index in [-0.39, 0.29) is 32.1 Å². The van der Waals surface area contributed by atoms with E-state index in [4.69, 9.17) is 40.5 Å². The molecule has 2 rings (SSSR count). The predicted octanol–water partition coefficient (Wildman–Crippen LogP) is 3.17. The minimum atomic E-state index is -0.748. The van der Waals surface area contributed by atoms with Crippen molar-refractivity contribution < 1.29 is 14.3 Å². The number of carbonyl (C=O) groups is 2. The van der Waals surface area contributed by atoms with Crippen molar-refractivity contribution in [2.45, 2.75) is 0 Å². The summed E-state index contributed by atoms with van der Waals surface area (Å²) < 4.78 is 4.67. The Hall–Kier alpha value is -2.35. The Bertz CT molecular complexity index is 871. The third kappa shape index (κ3) is 4.19. The number of carbonyl (C=O) groups excluding carboxylic acids is 2. The van der Waals surface area contributed by atoms with Crippen molar-refractivity contribution in [2.24, 2.45) is 5.10 Å². The van der Waals surface area contributed by atoms with Gasteiger partial charge in [0.2, 0.25) is 0 Å². The predicted molar refractivity (Wildman–Crippen MR) is 96.5 cm³/mol. The third-order valence-electron chi connectivity index (χ3n) is 3.02.